The number of aliphatic hydroxyl groups excluding tert-OH is 1. The van der Waals surface area contributed by atoms with Gasteiger partial charge in [-0.1, -0.05) is 51.1 Å². The molecule has 1 rings (SSSR count). The second-order valence-electron chi connectivity index (χ2n) is 5.71. The zero-order chi connectivity index (χ0) is 14.3. The monoisotopic (exact) mass is 261 g/mol. The van der Waals surface area contributed by atoms with Crippen molar-refractivity contribution >= 4 is 12.0 Å². The van der Waals surface area contributed by atoms with Crippen molar-refractivity contribution in [2.45, 2.75) is 33.3 Å². The maximum atomic E-state index is 11.6. The third-order valence-electron chi connectivity index (χ3n) is 2.94. The number of amides is 1. The average molecular weight is 261 g/mol. The summed E-state index contributed by atoms with van der Waals surface area (Å²) in [6.07, 6.45) is 3.44. The summed E-state index contributed by atoms with van der Waals surface area (Å²) < 4.78 is 0. The Morgan fingerprint density at radius 1 is 1.32 bits per heavy atom. The van der Waals surface area contributed by atoms with Gasteiger partial charge in [-0.2, -0.15) is 0 Å². The fraction of sp³-hybridized carbons (Fsp3) is 0.438. The minimum Gasteiger partial charge on any atom is -0.393 e. The lowest BCUT2D eigenvalue weighted by Crippen LogP contribution is -2.31. The minimum atomic E-state index is -0.411. The largest absolute Gasteiger partial charge is 0.393 e. The van der Waals surface area contributed by atoms with Crippen LogP contribution in [0.5, 0.6) is 0 Å². The lowest BCUT2D eigenvalue weighted by molar-refractivity contribution is -0.116. The van der Waals surface area contributed by atoms with Crippen LogP contribution in [-0.4, -0.2) is 23.7 Å². The number of hydrogen-bond acceptors (Lipinski definition) is 2. The van der Waals surface area contributed by atoms with E-state index in [1.54, 1.807) is 6.08 Å². The van der Waals surface area contributed by atoms with E-state index in [0.29, 0.717) is 13.0 Å². The van der Waals surface area contributed by atoms with Crippen LogP contribution >= 0.6 is 0 Å². The summed E-state index contributed by atoms with van der Waals surface area (Å²) in [4.78, 5) is 11.6. The van der Waals surface area contributed by atoms with Crippen LogP contribution in [0.15, 0.2) is 36.4 Å². The van der Waals surface area contributed by atoms with Gasteiger partial charge >= 0.3 is 0 Å². The van der Waals surface area contributed by atoms with E-state index >= 15 is 0 Å². The Morgan fingerprint density at radius 3 is 2.53 bits per heavy atom. The molecule has 3 nitrogen and oxygen atoms in total. The molecule has 0 radical (unpaired) electrons. The molecular weight excluding hydrogens is 238 g/mol. The lowest BCUT2D eigenvalue weighted by Gasteiger charge is -2.25. The summed E-state index contributed by atoms with van der Waals surface area (Å²) >= 11 is 0. The van der Waals surface area contributed by atoms with Crippen molar-refractivity contribution in [1.82, 2.24) is 5.32 Å². The summed E-state index contributed by atoms with van der Waals surface area (Å²) in [6, 6.07) is 9.67. The number of nitrogens with one attached hydrogen (secondary N) is 1. The minimum absolute atomic E-state index is 0.134. The Kier molecular flexibility index (Phi) is 5.77. The van der Waals surface area contributed by atoms with Crippen LogP contribution in [0.4, 0.5) is 0 Å². The molecule has 0 heterocycles. The molecule has 19 heavy (non-hydrogen) atoms. The Bertz CT molecular complexity index is 418. The maximum absolute atomic E-state index is 11.6. The van der Waals surface area contributed by atoms with Crippen LogP contribution in [-0.2, 0) is 4.79 Å². The van der Waals surface area contributed by atoms with E-state index in [9.17, 15) is 9.90 Å². The van der Waals surface area contributed by atoms with Gasteiger partial charge in [0.25, 0.3) is 0 Å². The summed E-state index contributed by atoms with van der Waals surface area (Å²) in [5, 5.41) is 12.6. The first-order valence-corrected chi connectivity index (χ1v) is 6.58. The standard InChI is InChI=1S/C16H23NO2/c1-16(2,3)14(18)11-12-17-15(19)10-9-13-7-5-4-6-8-13/h4-10,14,18H,11-12H2,1-3H3,(H,17,19). The third-order valence-corrected chi connectivity index (χ3v) is 2.94. The number of carbonyl (C=O) groups is 1. The van der Waals surface area contributed by atoms with Gasteiger partial charge in [0.05, 0.1) is 6.10 Å². The molecule has 1 amide bonds. The highest BCUT2D eigenvalue weighted by molar-refractivity contribution is 5.91. The molecule has 0 aliphatic heterocycles. The Hall–Kier alpha value is -1.61. The van der Waals surface area contributed by atoms with Crippen LogP contribution in [0.25, 0.3) is 6.08 Å². The first kappa shape index (κ1) is 15.4. The van der Waals surface area contributed by atoms with Crippen molar-refractivity contribution in [3.8, 4) is 0 Å². The molecule has 0 saturated heterocycles. The SMILES string of the molecule is CC(C)(C)C(O)CCNC(=O)C=Cc1ccccc1. The van der Waals surface area contributed by atoms with Crippen molar-refractivity contribution in [1.29, 1.82) is 0 Å². The number of carbonyl (C=O) groups excluding carboxylic acids is 1. The highest BCUT2D eigenvalue weighted by Crippen LogP contribution is 2.20. The van der Waals surface area contributed by atoms with Crippen LogP contribution in [0.3, 0.4) is 0 Å². The normalized spacial score (nSPS) is 13.5. The highest BCUT2D eigenvalue weighted by Gasteiger charge is 2.21. The van der Waals surface area contributed by atoms with Crippen LogP contribution in [0, 0.1) is 5.41 Å². The van der Waals surface area contributed by atoms with Gasteiger partial charge in [-0.25, -0.2) is 0 Å². The van der Waals surface area contributed by atoms with Gasteiger partial charge in [0, 0.05) is 12.6 Å². The Balaban J connectivity index is 2.31. The predicted octanol–water partition coefficient (Wildman–Crippen LogP) is 2.61. The third kappa shape index (κ3) is 6.20. The second-order valence-corrected chi connectivity index (χ2v) is 5.71. The van der Waals surface area contributed by atoms with Crippen molar-refractivity contribution in [2.75, 3.05) is 6.54 Å². The van der Waals surface area contributed by atoms with E-state index < -0.39 is 6.10 Å². The first-order valence-electron chi connectivity index (χ1n) is 6.58. The van der Waals surface area contributed by atoms with Crippen molar-refractivity contribution < 1.29 is 9.90 Å². The van der Waals surface area contributed by atoms with Gasteiger partial charge in [0.1, 0.15) is 0 Å². The Labute approximate surface area is 115 Å². The molecule has 104 valence electrons. The van der Waals surface area contributed by atoms with Crippen molar-refractivity contribution in [3.63, 3.8) is 0 Å². The fourth-order valence-corrected chi connectivity index (χ4v) is 1.56. The van der Waals surface area contributed by atoms with Gasteiger partial charge < -0.3 is 10.4 Å². The van der Waals surface area contributed by atoms with E-state index in [1.807, 2.05) is 51.1 Å². The quantitative estimate of drug-likeness (QED) is 0.800. The van der Waals surface area contributed by atoms with Gasteiger partial charge in [-0.15, -0.1) is 0 Å². The zero-order valence-corrected chi connectivity index (χ0v) is 11.9. The molecule has 0 fully saturated rings. The van der Waals surface area contributed by atoms with E-state index in [2.05, 4.69) is 5.32 Å². The molecule has 0 bridgehead atoms. The predicted molar refractivity (Wildman–Crippen MR) is 78.6 cm³/mol. The van der Waals surface area contributed by atoms with E-state index in [-0.39, 0.29) is 11.3 Å². The fourth-order valence-electron chi connectivity index (χ4n) is 1.56. The molecule has 0 aliphatic rings. The molecule has 0 aromatic heterocycles. The second kappa shape index (κ2) is 7.10. The number of aliphatic hydroxyl groups is 1. The van der Waals surface area contributed by atoms with Gasteiger partial charge in [0.15, 0.2) is 0 Å². The lowest BCUT2D eigenvalue weighted by atomic mass is 9.87. The molecular formula is C16H23NO2. The number of hydrogen-bond donors (Lipinski definition) is 2. The average Bonchev–Trinajstić information content (AvgIpc) is 2.36. The zero-order valence-electron chi connectivity index (χ0n) is 11.9. The van der Waals surface area contributed by atoms with Crippen molar-refractivity contribution in [3.05, 3.63) is 42.0 Å². The smallest absolute Gasteiger partial charge is 0.244 e. The summed E-state index contributed by atoms with van der Waals surface area (Å²) in [5.41, 5.74) is 0.845. The molecule has 3 heteroatoms. The Morgan fingerprint density at radius 2 is 1.95 bits per heavy atom. The molecule has 1 atom stereocenters. The highest BCUT2D eigenvalue weighted by atomic mass is 16.3. The molecule has 1 aromatic rings. The van der Waals surface area contributed by atoms with Crippen LogP contribution in [0.2, 0.25) is 0 Å². The van der Waals surface area contributed by atoms with Gasteiger partial charge in [-0.3, -0.25) is 4.79 Å². The molecule has 1 aromatic carbocycles. The maximum Gasteiger partial charge on any atom is 0.244 e. The van der Waals surface area contributed by atoms with Crippen LogP contribution in [0.1, 0.15) is 32.8 Å². The molecule has 1 unspecified atom stereocenters. The summed E-state index contributed by atoms with van der Waals surface area (Å²) in [6.45, 7) is 6.43. The summed E-state index contributed by atoms with van der Waals surface area (Å²) in [7, 11) is 0. The molecule has 0 aliphatic carbocycles. The molecule has 0 spiro atoms. The van der Waals surface area contributed by atoms with Crippen molar-refractivity contribution in [2.24, 2.45) is 5.41 Å². The summed E-state index contributed by atoms with van der Waals surface area (Å²) in [5.74, 6) is -0.134. The number of benzene rings is 1. The first-order chi connectivity index (χ1) is 8.89. The molecule has 2 N–H and O–H groups in total. The topological polar surface area (TPSA) is 49.3 Å². The van der Waals surface area contributed by atoms with Gasteiger partial charge in [0.2, 0.25) is 5.91 Å². The van der Waals surface area contributed by atoms with Crippen LogP contribution < -0.4 is 5.32 Å². The molecule has 0 saturated carbocycles. The van der Waals surface area contributed by atoms with Gasteiger partial charge in [-0.05, 0) is 23.5 Å². The van der Waals surface area contributed by atoms with E-state index in [1.165, 1.54) is 6.08 Å². The van der Waals surface area contributed by atoms with E-state index in [0.717, 1.165) is 5.56 Å². The van der Waals surface area contributed by atoms with E-state index in [4.69, 9.17) is 0 Å². The number of rotatable bonds is 5.